The highest BCUT2D eigenvalue weighted by atomic mass is 16.3. The molecule has 0 aliphatic heterocycles. The lowest BCUT2D eigenvalue weighted by Gasteiger charge is -2.16. The monoisotopic (exact) mass is 287 g/mol. The van der Waals surface area contributed by atoms with Crippen LogP contribution in [0.15, 0.2) is 22.6 Å². The predicted molar refractivity (Wildman–Crippen MR) is 82.3 cm³/mol. The first-order valence-electron chi connectivity index (χ1n) is 7.39. The third-order valence-electron chi connectivity index (χ3n) is 3.69. The number of nitrogens with one attached hydrogen (secondary N) is 1. The van der Waals surface area contributed by atoms with E-state index >= 15 is 0 Å². The first kappa shape index (κ1) is 14.1. The maximum atomic E-state index is 12.1. The topological polar surface area (TPSA) is 58.4 Å². The van der Waals surface area contributed by atoms with Gasteiger partial charge in [0.1, 0.15) is 5.52 Å². The van der Waals surface area contributed by atoms with Gasteiger partial charge >= 0.3 is 0 Å². The van der Waals surface area contributed by atoms with Gasteiger partial charge in [0, 0.05) is 30.1 Å². The van der Waals surface area contributed by atoms with Gasteiger partial charge in [-0.15, -0.1) is 0 Å². The SMILES string of the molecule is CC(CN(C)C)C(=O)Nc1ccc2nc(C3CC3)oc2c1. The molecule has 0 radical (unpaired) electrons. The van der Waals surface area contributed by atoms with Crippen LogP contribution in [0.5, 0.6) is 0 Å². The van der Waals surface area contributed by atoms with E-state index < -0.39 is 0 Å². The lowest BCUT2D eigenvalue weighted by atomic mass is 10.1. The van der Waals surface area contributed by atoms with E-state index in [0.717, 1.165) is 29.2 Å². The highest BCUT2D eigenvalue weighted by Gasteiger charge is 2.28. The Hall–Kier alpha value is -1.88. The maximum absolute atomic E-state index is 12.1. The Morgan fingerprint density at radius 1 is 1.48 bits per heavy atom. The van der Waals surface area contributed by atoms with Crippen LogP contribution in [0, 0.1) is 5.92 Å². The molecule has 1 fully saturated rings. The van der Waals surface area contributed by atoms with Crippen molar-refractivity contribution in [3.8, 4) is 0 Å². The number of hydrogen-bond donors (Lipinski definition) is 1. The summed E-state index contributed by atoms with van der Waals surface area (Å²) < 4.78 is 5.77. The summed E-state index contributed by atoms with van der Waals surface area (Å²) in [6, 6.07) is 5.63. The van der Waals surface area contributed by atoms with Gasteiger partial charge in [0.2, 0.25) is 5.91 Å². The van der Waals surface area contributed by atoms with Crippen LogP contribution >= 0.6 is 0 Å². The van der Waals surface area contributed by atoms with Crippen molar-refractivity contribution >= 4 is 22.7 Å². The Morgan fingerprint density at radius 3 is 2.90 bits per heavy atom. The molecule has 21 heavy (non-hydrogen) atoms. The van der Waals surface area contributed by atoms with Crippen LogP contribution in [-0.2, 0) is 4.79 Å². The van der Waals surface area contributed by atoms with E-state index in [4.69, 9.17) is 4.42 Å². The van der Waals surface area contributed by atoms with E-state index in [1.54, 1.807) is 0 Å². The van der Waals surface area contributed by atoms with Crippen LogP contribution in [0.25, 0.3) is 11.1 Å². The molecule has 1 unspecified atom stereocenters. The van der Waals surface area contributed by atoms with Gasteiger partial charge in [-0.05, 0) is 39.1 Å². The van der Waals surface area contributed by atoms with Crippen molar-refractivity contribution in [3.05, 3.63) is 24.1 Å². The van der Waals surface area contributed by atoms with Gasteiger partial charge in [0.05, 0.1) is 0 Å². The largest absolute Gasteiger partial charge is 0.440 e. The zero-order valence-corrected chi connectivity index (χ0v) is 12.7. The molecule has 1 aliphatic rings. The van der Waals surface area contributed by atoms with Gasteiger partial charge in [-0.1, -0.05) is 6.92 Å². The quantitative estimate of drug-likeness (QED) is 0.918. The molecule has 1 amide bonds. The molecular weight excluding hydrogens is 266 g/mol. The molecule has 1 aromatic carbocycles. The van der Waals surface area contributed by atoms with Gasteiger partial charge in [-0.2, -0.15) is 0 Å². The molecule has 5 nitrogen and oxygen atoms in total. The molecule has 112 valence electrons. The number of nitrogens with zero attached hydrogens (tertiary/aromatic N) is 2. The van der Waals surface area contributed by atoms with E-state index in [0.29, 0.717) is 5.92 Å². The normalized spacial score (nSPS) is 16.4. The summed E-state index contributed by atoms with van der Waals surface area (Å²) in [4.78, 5) is 18.6. The Kier molecular flexibility index (Phi) is 3.68. The summed E-state index contributed by atoms with van der Waals surface area (Å²) in [5.74, 6) is 1.28. The summed E-state index contributed by atoms with van der Waals surface area (Å²) in [6.07, 6.45) is 2.33. The number of hydrogen-bond acceptors (Lipinski definition) is 4. The predicted octanol–water partition coefficient (Wildman–Crippen LogP) is 2.84. The lowest BCUT2D eigenvalue weighted by molar-refractivity contribution is -0.119. The zero-order valence-electron chi connectivity index (χ0n) is 12.7. The summed E-state index contributed by atoms with van der Waals surface area (Å²) in [5, 5.41) is 2.94. The number of carbonyl (C=O) groups is 1. The smallest absolute Gasteiger partial charge is 0.228 e. The molecular formula is C16H21N3O2. The fraction of sp³-hybridized carbons (Fsp3) is 0.500. The number of oxazole rings is 1. The molecule has 1 aliphatic carbocycles. The second-order valence-corrected chi connectivity index (χ2v) is 6.16. The Morgan fingerprint density at radius 2 is 2.24 bits per heavy atom. The first-order valence-corrected chi connectivity index (χ1v) is 7.39. The molecule has 1 aromatic heterocycles. The molecule has 1 atom stereocenters. The maximum Gasteiger partial charge on any atom is 0.228 e. The van der Waals surface area contributed by atoms with Crippen LogP contribution in [0.1, 0.15) is 31.6 Å². The average Bonchev–Trinajstić information content (AvgIpc) is 3.18. The molecule has 0 saturated heterocycles. The van der Waals surface area contributed by atoms with Gasteiger partial charge in [-0.3, -0.25) is 4.79 Å². The van der Waals surface area contributed by atoms with E-state index in [1.807, 2.05) is 44.1 Å². The number of fused-ring (bicyclic) bond motifs is 1. The average molecular weight is 287 g/mol. The van der Waals surface area contributed by atoms with E-state index in [9.17, 15) is 4.79 Å². The van der Waals surface area contributed by atoms with Crippen LogP contribution in [0.3, 0.4) is 0 Å². The second kappa shape index (κ2) is 5.48. The minimum atomic E-state index is -0.0625. The summed E-state index contributed by atoms with van der Waals surface area (Å²) in [5.41, 5.74) is 2.36. The molecule has 3 rings (SSSR count). The van der Waals surface area contributed by atoms with Crippen LogP contribution in [-0.4, -0.2) is 36.4 Å². The standard InChI is InChI=1S/C16H21N3O2/c1-10(9-19(2)3)15(20)17-12-6-7-13-14(8-12)21-16(18-13)11-4-5-11/h6-8,10-11H,4-5,9H2,1-3H3,(H,17,20). The molecule has 1 heterocycles. The Balaban J connectivity index is 1.73. The first-order chi connectivity index (χ1) is 10.0. The molecule has 0 spiro atoms. The molecule has 5 heteroatoms. The fourth-order valence-electron chi connectivity index (χ4n) is 2.42. The summed E-state index contributed by atoms with van der Waals surface area (Å²) in [6.45, 7) is 2.65. The Bertz CT molecular complexity index is 659. The number of benzene rings is 1. The number of anilines is 1. The van der Waals surface area contributed by atoms with E-state index in [1.165, 1.54) is 12.8 Å². The zero-order chi connectivity index (χ0) is 15.0. The van der Waals surface area contributed by atoms with Crippen molar-refractivity contribution in [2.75, 3.05) is 26.0 Å². The van der Waals surface area contributed by atoms with Crippen molar-refractivity contribution < 1.29 is 9.21 Å². The van der Waals surface area contributed by atoms with Gasteiger partial charge in [0.15, 0.2) is 11.5 Å². The number of amides is 1. The third-order valence-corrected chi connectivity index (χ3v) is 3.69. The summed E-state index contributed by atoms with van der Waals surface area (Å²) in [7, 11) is 3.92. The number of carbonyl (C=O) groups excluding carboxylic acids is 1. The van der Waals surface area contributed by atoms with Crippen molar-refractivity contribution in [2.24, 2.45) is 5.92 Å². The van der Waals surface area contributed by atoms with Crippen molar-refractivity contribution in [1.29, 1.82) is 0 Å². The highest BCUT2D eigenvalue weighted by Crippen LogP contribution is 2.40. The van der Waals surface area contributed by atoms with Crippen molar-refractivity contribution in [1.82, 2.24) is 9.88 Å². The number of rotatable bonds is 5. The van der Waals surface area contributed by atoms with Gasteiger partial charge in [-0.25, -0.2) is 4.98 Å². The lowest BCUT2D eigenvalue weighted by Crippen LogP contribution is -2.29. The minimum Gasteiger partial charge on any atom is -0.440 e. The summed E-state index contributed by atoms with van der Waals surface area (Å²) >= 11 is 0. The second-order valence-electron chi connectivity index (χ2n) is 6.16. The van der Waals surface area contributed by atoms with Crippen LogP contribution in [0.2, 0.25) is 0 Å². The number of aromatic nitrogens is 1. The van der Waals surface area contributed by atoms with Crippen LogP contribution in [0.4, 0.5) is 5.69 Å². The minimum absolute atomic E-state index is 0.0185. The van der Waals surface area contributed by atoms with Crippen LogP contribution < -0.4 is 5.32 Å². The third kappa shape index (κ3) is 3.24. The van der Waals surface area contributed by atoms with E-state index in [-0.39, 0.29) is 11.8 Å². The molecule has 1 N–H and O–H groups in total. The van der Waals surface area contributed by atoms with Crippen molar-refractivity contribution in [2.45, 2.75) is 25.7 Å². The fourth-order valence-corrected chi connectivity index (χ4v) is 2.42. The van der Waals surface area contributed by atoms with Gasteiger partial charge in [0.25, 0.3) is 0 Å². The van der Waals surface area contributed by atoms with Gasteiger partial charge < -0.3 is 14.6 Å². The Labute approximate surface area is 124 Å². The highest BCUT2D eigenvalue weighted by molar-refractivity contribution is 5.94. The molecule has 1 saturated carbocycles. The van der Waals surface area contributed by atoms with E-state index in [2.05, 4.69) is 10.3 Å². The van der Waals surface area contributed by atoms with Crippen molar-refractivity contribution in [3.63, 3.8) is 0 Å². The molecule has 0 bridgehead atoms. The molecule has 2 aromatic rings.